The molecule has 2 heterocycles. The SMILES string of the molecule is C[C@H](Sc1nnnn1C)C(=O)Nc1ccc2[nH]c(=O)[nH]c2c1. The van der Waals surface area contributed by atoms with Crippen molar-refractivity contribution in [3.8, 4) is 0 Å². The van der Waals surface area contributed by atoms with Crippen molar-refractivity contribution in [3.05, 3.63) is 28.7 Å². The predicted molar refractivity (Wildman–Crippen MR) is 81.7 cm³/mol. The summed E-state index contributed by atoms with van der Waals surface area (Å²) in [6, 6.07) is 5.16. The number of aryl methyl sites for hydroxylation is 1. The van der Waals surface area contributed by atoms with Gasteiger partial charge in [0, 0.05) is 12.7 Å². The molecule has 0 unspecified atom stereocenters. The molecule has 0 fully saturated rings. The topological polar surface area (TPSA) is 121 Å². The van der Waals surface area contributed by atoms with Crippen molar-refractivity contribution in [2.24, 2.45) is 7.05 Å². The molecule has 1 atom stereocenters. The molecule has 1 aromatic carbocycles. The Morgan fingerprint density at radius 2 is 2.14 bits per heavy atom. The number of nitrogens with zero attached hydrogens (tertiary/aromatic N) is 4. The zero-order valence-electron chi connectivity index (χ0n) is 11.8. The minimum Gasteiger partial charge on any atom is -0.325 e. The van der Waals surface area contributed by atoms with Crippen molar-refractivity contribution < 1.29 is 4.79 Å². The molecule has 0 aliphatic carbocycles. The molecule has 0 aliphatic rings. The number of hydrogen-bond donors (Lipinski definition) is 3. The lowest BCUT2D eigenvalue weighted by Gasteiger charge is -2.10. The van der Waals surface area contributed by atoms with E-state index in [1.807, 2.05) is 0 Å². The number of thioether (sulfide) groups is 1. The Bertz CT molecular complexity index is 881. The Morgan fingerprint density at radius 1 is 1.36 bits per heavy atom. The van der Waals surface area contributed by atoms with E-state index in [0.29, 0.717) is 21.9 Å². The zero-order chi connectivity index (χ0) is 15.7. The maximum Gasteiger partial charge on any atom is 0.323 e. The second-order valence-electron chi connectivity index (χ2n) is 4.67. The van der Waals surface area contributed by atoms with Gasteiger partial charge in [-0.25, -0.2) is 9.48 Å². The summed E-state index contributed by atoms with van der Waals surface area (Å²) in [5.74, 6) is -0.176. The molecule has 0 radical (unpaired) electrons. The van der Waals surface area contributed by atoms with Gasteiger partial charge in [-0.3, -0.25) is 4.79 Å². The second kappa shape index (κ2) is 5.64. The van der Waals surface area contributed by atoms with Gasteiger partial charge < -0.3 is 15.3 Å². The van der Waals surface area contributed by atoms with Gasteiger partial charge in [-0.1, -0.05) is 11.8 Å². The lowest BCUT2D eigenvalue weighted by atomic mass is 10.2. The number of aromatic amines is 2. The molecular formula is C12H13N7O2S. The third-order valence-corrected chi connectivity index (χ3v) is 4.14. The summed E-state index contributed by atoms with van der Waals surface area (Å²) in [4.78, 5) is 28.7. The molecule has 22 heavy (non-hydrogen) atoms. The first kappa shape index (κ1) is 14.3. The Kier molecular flexibility index (Phi) is 3.67. The number of H-pyrrole nitrogens is 2. The Labute approximate surface area is 128 Å². The quantitative estimate of drug-likeness (QED) is 0.602. The molecule has 9 nitrogen and oxygen atoms in total. The highest BCUT2D eigenvalue weighted by atomic mass is 32.2. The van der Waals surface area contributed by atoms with Crippen LogP contribution in [0.25, 0.3) is 11.0 Å². The van der Waals surface area contributed by atoms with Gasteiger partial charge in [0.15, 0.2) is 0 Å². The lowest BCUT2D eigenvalue weighted by molar-refractivity contribution is -0.115. The molecule has 114 valence electrons. The standard InChI is InChI=1S/C12H13N7O2S/c1-6(22-12-16-17-18-19(12)2)10(20)13-7-3-4-8-9(5-7)15-11(21)14-8/h3-6H,1-2H3,(H,13,20)(H2,14,15,21)/t6-/m0/s1. The van der Waals surface area contributed by atoms with Crippen molar-refractivity contribution in [3.63, 3.8) is 0 Å². The first-order valence-electron chi connectivity index (χ1n) is 6.45. The Morgan fingerprint density at radius 3 is 2.86 bits per heavy atom. The number of nitrogens with one attached hydrogen (secondary N) is 3. The molecule has 0 saturated carbocycles. The second-order valence-corrected chi connectivity index (χ2v) is 5.98. The number of hydrogen-bond acceptors (Lipinski definition) is 6. The molecule has 0 bridgehead atoms. The van der Waals surface area contributed by atoms with E-state index in [1.165, 1.54) is 16.4 Å². The summed E-state index contributed by atoms with van der Waals surface area (Å²) in [5.41, 5.74) is 1.66. The first-order valence-corrected chi connectivity index (χ1v) is 7.33. The summed E-state index contributed by atoms with van der Waals surface area (Å²) < 4.78 is 1.51. The summed E-state index contributed by atoms with van der Waals surface area (Å²) in [6.07, 6.45) is 0. The minimum absolute atomic E-state index is 0.176. The minimum atomic E-state index is -0.370. The Hall–Kier alpha value is -2.62. The van der Waals surface area contributed by atoms with Gasteiger partial charge in [0.1, 0.15) is 0 Å². The largest absolute Gasteiger partial charge is 0.325 e. The third kappa shape index (κ3) is 2.86. The number of tetrazole rings is 1. The fourth-order valence-corrected chi connectivity index (χ4v) is 2.64. The van der Waals surface area contributed by atoms with Crippen LogP contribution in [0.2, 0.25) is 0 Å². The molecule has 1 amide bonds. The number of benzene rings is 1. The number of fused-ring (bicyclic) bond motifs is 1. The van der Waals surface area contributed by atoms with E-state index in [4.69, 9.17) is 0 Å². The summed E-state index contributed by atoms with van der Waals surface area (Å²) in [7, 11) is 1.71. The third-order valence-electron chi connectivity index (χ3n) is 3.02. The van der Waals surface area contributed by atoms with Crippen molar-refractivity contribution in [1.29, 1.82) is 0 Å². The number of carbonyl (C=O) groups excluding carboxylic acids is 1. The van der Waals surface area contributed by atoms with Crippen LogP contribution in [0.4, 0.5) is 5.69 Å². The van der Waals surface area contributed by atoms with E-state index < -0.39 is 0 Å². The van der Waals surface area contributed by atoms with E-state index in [-0.39, 0.29) is 16.8 Å². The van der Waals surface area contributed by atoms with E-state index >= 15 is 0 Å². The molecule has 0 spiro atoms. The fraction of sp³-hybridized carbons (Fsp3) is 0.250. The molecule has 3 N–H and O–H groups in total. The fourth-order valence-electron chi connectivity index (χ4n) is 1.89. The summed E-state index contributed by atoms with van der Waals surface area (Å²) in [6.45, 7) is 1.77. The predicted octanol–water partition coefficient (Wildman–Crippen LogP) is 0.499. The van der Waals surface area contributed by atoms with Crippen LogP contribution in [-0.4, -0.2) is 41.3 Å². The van der Waals surface area contributed by atoms with Crippen molar-refractivity contribution >= 4 is 34.4 Å². The highest BCUT2D eigenvalue weighted by Crippen LogP contribution is 2.21. The van der Waals surface area contributed by atoms with Crippen LogP contribution in [0.3, 0.4) is 0 Å². The summed E-state index contributed by atoms with van der Waals surface area (Å²) in [5, 5.41) is 14.1. The number of imidazole rings is 1. The zero-order valence-corrected chi connectivity index (χ0v) is 12.6. The normalized spacial score (nSPS) is 12.5. The van der Waals surface area contributed by atoms with E-state index in [2.05, 4.69) is 30.8 Å². The molecule has 3 aromatic rings. The maximum atomic E-state index is 12.2. The van der Waals surface area contributed by atoms with Gasteiger partial charge in [0.05, 0.1) is 16.3 Å². The van der Waals surface area contributed by atoms with Gasteiger partial charge >= 0.3 is 5.69 Å². The molecule has 0 aliphatic heterocycles. The number of carbonyl (C=O) groups is 1. The number of rotatable bonds is 4. The van der Waals surface area contributed by atoms with Crippen LogP contribution < -0.4 is 11.0 Å². The molecular weight excluding hydrogens is 306 g/mol. The summed E-state index contributed by atoms with van der Waals surface area (Å²) >= 11 is 1.26. The monoisotopic (exact) mass is 319 g/mol. The lowest BCUT2D eigenvalue weighted by Crippen LogP contribution is -2.22. The van der Waals surface area contributed by atoms with Crippen molar-refractivity contribution in [2.45, 2.75) is 17.3 Å². The van der Waals surface area contributed by atoms with Crippen molar-refractivity contribution in [2.75, 3.05) is 5.32 Å². The van der Waals surface area contributed by atoms with Crippen LogP contribution in [0.5, 0.6) is 0 Å². The average Bonchev–Trinajstić information content (AvgIpc) is 3.03. The average molecular weight is 319 g/mol. The van der Waals surface area contributed by atoms with Gasteiger partial charge in [-0.2, -0.15) is 0 Å². The smallest absolute Gasteiger partial charge is 0.323 e. The highest BCUT2D eigenvalue weighted by molar-refractivity contribution is 8.00. The van der Waals surface area contributed by atoms with E-state index in [0.717, 1.165) is 0 Å². The van der Waals surface area contributed by atoms with E-state index in [9.17, 15) is 9.59 Å². The van der Waals surface area contributed by atoms with Crippen LogP contribution in [0, 0.1) is 0 Å². The van der Waals surface area contributed by atoms with E-state index in [1.54, 1.807) is 32.2 Å². The van der Waals surface area contributed by atoms with Gasteiger partial charge in [-0.05, 0) is 35.5 Å². The molecule has 0 saturated heterocycles. The van der Waals surface area contributed by atoms with Crippen LogP contribution in [0.1, 0.15) is 6.92 Å². The van der Waals surface area contributed by atoms with Gasteiger partial charge in [0.25, 0.3) is 0 Å². The van der Waals surface area contributed by atoms with Crippen LogP contribution in [0.15, 0.2) is 28.2 Å². The van der Waals surface area contributed by atoms with Crippen molar-refractivity contribution in [1.82, 2.24) is 30.2 Å². The molecule has 3 rings (SSSR count). The molecule has 10 heteroatoms. The van der Waals surface area contributed by atoms with Crippen LogP contribution >= 0.6 is 11.8 Å². The number of aromatic nitrogens is 6. The molecule has 2 aromatic heterocycles. The van der Waals surface area contributed by atoms with Gasteiger partial charge in [0.2, 0.25) is 11.1 Å². The van der Waals surface area contributed by atoms with Crippen LogP contribution in [-0.2, 0) is 11.8 Å². The first-order chi connectivity index (χ1) is 10.5. The number of amides is 1. The van der Waals surface area contributed by atoms with Gasteiger partial charge in [-0.15, -0.1) is 5.10 Å². The highest BCUT2D eigenvalue weighted by Gasteiger charge is 2.18. The maximum absolute atomic E-state index is 12.2. The Balaban J connectivity index is 1.71. The number of anilines is 1.